The summed E-state index contributed by atoms with van der Waals surface area (Å²) in [4.78, 5) is 78.9. The van der Waals surface area contributed by atoms with Crippen LogP contribution in [0.5, 0.6) is 0 Å². The van der Waals surface area contributed by atoms with Gasteiger partial charge < -0.3 is 30.7 Å². The number of carbonyl (C=O) groups excluding carboxylic acids is 5. The first-order chi connectivity index (χ1) is 22.6. The standard InChI is InChI=1S/C35H55N5O9/c1-33(2,3)22-27(41)49-48-25-17-20-40(21-18-25)30(43)26(12-10-11-19-37-31(44)46-34(4,5)6)38-29(42)24-15-13-23(14-16-24)28(36)39-32(45)47-35(7,8)9/h13-16,25-26H,10-12,17-22H2,1-9H3,(H,37,44)(H,38,42)(H2,36,39,45)/t26-/m0/s1. The van der Waals surface area contributed by atoms with E-state index in [-0.39, 0.29) is 35.2 Å². The molecule has 274 valence electrons. The molecular weight excluding hydrogens is 634 g/mol. The molecule has 0 unspecified atom stereocenters. The molecule has 1 aromatic carbocycles. The number of alkyl carbamates (subject to hydrolysis) is 1. The number of carbonyl (C=O) groups is 5. The van der Waals surface area contributed by atoms with Crippen molar-refractivity contribution in [3.63, 3.8) is 0 Å². The molecule has 14 heteroatoms. The Balaban J connectivity index is 2.05. The van der Waals surface area contributed by atoms with Gasteiger partial charge in [-0.05, 0) is 91.2 Å². The zero-order valence-electron chi connectivity index (χ0n) is 30.5. The topological polar surface area (TPSA) is 188 Å². The van der Waals surface area contributed by atoms with Crippen LogP contribution >= 0.6 is 0 Å². The first-order valence-corrected chi connectivity index (χ1v) is 16.7. The van der Waals surface area contributed by atoms with Gasteiger partial charge in [-0.25, -0.2) is 14.4 Å². The van der Waals surface area contributed by atoms with Crippen LogP contribution in [0.4, 0.5) is 9.59 Å². The van der Waals surface area contributed by atoms with Crippen LogP contribution in [-0.2, 0) is 28.8 Å². The fraction of sp³-hybridized carbons (Fsp3) is 0.657. The molecule has 1 aliphatic rings. The monoisotopic (exact) mass is 689 g/mol. The summed E-state index contributed by atoms with van der Waals surface area (Å²) < 4.78 is 10.4. The molecule has 0 aliphatic carbocycles. The summed E-state index contributed by atoms with van der Waals surface area (Å²) in [5.74, 6) is -1.23. The Labute approximate surface area is 289 Å². The number of rotatable bonds is 12. The summed E-state index contributed by atoms with van der Waals surface area (Å²) in [5.41, 5.74) is 5.10. The van der Waals surface area contributed by atoms with Crippen LogP contribution in [0, 0.1) is 5.41 Å². The third-order valence-electron chi connectivity index (χ3n) is 6.94. The molecule has 4 amide bonds. The number of unbranched alkanes of at least 4 members (excludes halogenated alkanes) is 1. The van der Waals surface area contributed by atoms with Gasteiger partial charge in [-0.1, -0.05) is 32.9 Å². The average molecular weight is 690 g/mol. The molecule has 1 saturated heterocycles. The van der Waals surface area contributed by atoms with E-state index in [1.807, 2.05) is 20.8 Å². The first kappa shape index (κ1) is 41.0. The van der Waals surface area contributed by atoms with Crippen LogP contribution in [0.3, 0.4) is 0 Å². The number of nitrogens with two attached hydrogens (primary N) is 1. The van der Waals surface area contributed by atoms with Gasteiger partial charge in [0, 0.05) is 30.8 Å². The number of amidine groups is 1. The van der Waals surface area contributed by atoms with Gasteiger partial charge in [0.05, 0.1) is 6.42 Å². The van der Waals surface area contributed by atoms with E-state index >= 15 is 0 Å². The maximum absolute atomic E-state index is 13.7. The van der Waals surface area contributed by atoms with E-state index in [9.17, 15) is 24.0 Å². The van der Waals surface area contributed by atoms with E-state index in [2.05, 4.69) is 15.6 Å². The maximum atomic E-state index is 13.7. The van der Waals surface area contributed by atoms with Gasteiger partial charge in [0.2, 0.25) is 5.91 Å². The molecule has 4 N–H and O–H groups in total. The summed E-state index contributed by atoms with van der Waals surface area (Å²) in [6.07, 6.45) is 0.862. The minimum Gasteiger partial charge on any atom is -0.444 e. The van der Waals surface area contributed by atoms with Gasteiger partial charge >= 0.3 is 18.2 Å². The normalized spacial score (nSPS) is 15.2. The summed E-state index contributed by atoms with van der Waals surface area (Å²) in [6, 6.07) is 5.32. The Morgan fingerprint density at radius 3 is 2.00 bits per heavy atom. The summed E-state index contributed by atoms with van der Waals surface area (Å²) in [5, 5.41) is 5.57. The molecule has 0 spiro atoms. The van der Waals surface area contributed by atoms with Crippen LogP contribution in [0.15, 0.2) is 29.3 Å². The second-order valence-electron chi connectivity index (χ2n) is 15.3. The highest BCUT2D eigenvalue weighted by Crippen LogP contribution is 2.21. The lowest BCUT2D eigenvalue weighted by Crippen LogP contribution is -2.51. The lowest BCUT2D eigenvalue weighted by atomic mass is 9.93. The van der Waals surface area contributed by atoms with Crippen LogP contribution < -0.4 is 16.4 Å². The molecular formula is C35H55N5O9. The molecule has 1 heterocycles. The molecule has 1 fully saturated rings. The molecule has 2 rings (SSSR count). The van der Waals surface area contributed by atoms with Crippen molar-refractivity contribution >= 4 is 35.8 Å². The van der Waals surface area contributed by atoms with Crippen LogP contribution in [0.25, 0.3) is 0 Å². The fourth-order valence-corrected chi connectivity index (χ4v) is 4.69. The summed E-state index contributed by atoms with van der Waals surface area (Å²) in [7, 11) is 0. The Hall–Kier alpha value is -4.20. The third kappa shape index (κ3) is 16.6. The summed E-state index contributed by atoms with van der Waals surface area (Å²) >= 11 is 0. The molecule has 0 saturated carbocycles. The number of piperidine rings is 1. The number of benzene rings is 1. The molecule has 0 aromatic heterocycles. The van der Waals surface area contributed by atoms with E-state index in [0.29, 0.717) is 57.3 Å². The van der Waals surface area contributed by atoms with Crippen molar-refractivity contribution in [3.05, 3.63) is 35.4 Å². The predicted molar refractivity (Wildman–Crippen MR) is 184 cm³/mol. The maximum Gasteiger partial charge on any atom is 0.436 e. The number of nitrogens with zero attached hydrogens (tertiary/aromatic N) is 2. The third-order valence-corrected chi connectivity index (χ3v) is 6.94. The molecule has 0 radical (unpaired) electrons. The molecule has 1 aliphatic heterocycles. The zero-order valence-corrected chi connectivity index (χ0v) is 30.5. The van der Waals surface area contributed by atoms with E-state index in [1.165, 1.54) is 12.1 Å². The van der Waals surface area contributed by atoms with E-state index < -0.39 is 41.3 Å². The molecule has 1 atom stereocenters. The molecule has 0 bridgehead atoms. The highest BCUT2D eigenvalue weighted by molar-refractivity contribution is 6.04. The highest BCUT2D eigenvalue weighted by atomic mass is 17.2. The fourth-order valence-electron chi connectivity index (χ4n) is 4.69. The molecule has 14 nitrogen and oxygen atoms in total. The van der Waals surface area contributed by atoms with Crippen molar-refractivity contribution < 1.29 is 43.2 Å². The van der Waals surface area contributed by atoms with Crippen LogP contribution in [-0.4, -0.2) is 83.7 Å². The van der Waals surface area contributed by atoms with Gasteiger partial charge in [0.15, 0.2) is 0 Å². The van der Waals surface area contributed by atoms with Crippen molar-refractivity contribution in [1.29, 1.82) is 0 Å². The number of hydrogen-bond donors (Lipinski definition) is 3. The van der Waals surface area contributed by atoms with E-state index in [0.717, 1.165) is 0 Å². The van der Waals surface area contributed by atoms with Gasteiger partial charge in [0.25, 0.3) is 5.91 Å². The summed E-state index contributed by atoms with van der Waals surface area (Å²) in [6.45, 7) is 17.3. The average Bonchev–Trinajstić information content (AvgIpc) is 2.96. The van der Waals surface area contributed by atoms with Gasteiger partial charge in [-0.3, -0.25) is 14.5 Å². The Morgan fingerprint density at radius 1 is 0.878 bits per heavy atom. The van der Waals surface area contributed by atoms with Crippen LogP contribution in [0.2, 0.25) is 0 Å². The molecule has 1 aromatic rings. The van der Waals surface area contributed by atoms with E-state index in [1.54, 1.807) is 58.6 Å². The number of nitrogens with one attached hydrogen (secondary N) is 2. The lowest BCUT2D eigenvalue weighted by molar-refractivity contribution is -0.304. The number of ether oxygens (including phenoxy) is 2. The lowest BCUT2D eigenvalue weighted by Gasteiger charge is -2.33. The highest BCUT2D eigenvalue weighted by Gasteiger charge is 2.31. The SMILES string of the molecule is CC(C)(C)CC(=O)OOC1CCN(C(=O)[C@H](CCCCNC(=O)OC(C)(C)C)NC(=O)c2ccc(C(N)=NC(=O)OC(C)(C)C)cc2)CC1. The predicted octanol–water partition coefficient (Wildman–Crippen LogP) is 5.02. The Bertz CT molecular complexity index is 1320. The van der Waals surface area contributed by atoms with Crippen molar-refractivity contribution in [1.82, 2.24) is 15.5 Å². The zero-order chi connectivity index (χ0) is 37.0. The van der Waals surface area contributed by atoms with Crippen molar-refractivity contribution in [2.45, 2.75) is 124 Å². The van der Waals surface area contributed by atoms with Gasteiger partial charge in [0.1, 0.15) is 29.2 Å². The van der Waals surface area contributed by atoms with Gasteiger partial charge in [-0.2, -0.15) is 9.88 Å². The second kappa shape index (κ2) is 18.0. The second-order valence-corrected chi connectivity index (χ2v) is 15.3. The minimum absolute atomic E-state index is 0.0643. The number of likely N-dealkylation sites (tertiary alicyclic amines) is 1. The van der Waals surface area contributed by atoms with Gasteiger partial charge in [-0.15, -0.1) is 0 Å². The minimum atomic E-state index is -0.838. The van der Waals surface area contributed by atoms with Crippen molar-refractivity contribution in [2.24, 2.45) is 16.1 Å². The largest absolute Gasteiger partial charge is 0.444 e. The smallest absolute Gasteiger partial charge is 0.436 e. The number of amides is 4. The van der Waals surface area contributed by atoms with Crippen LogP contribution in [0.1, 0.15) is 117 Å². The van der Waals surface area contributed by atoms with E-state index in [4.69, 9.17) is 25.0 Å². The number of aliphatic imine (C=N–C) groups is 1. The Morgan fingerprint density at radius 2 is 1.45 bits per heavy atom. The van der Waals surface area contributed by atoms with Crippen molar-refractivity contribution in [3.8, 4) is 0 Å². The quantitative estimate of drug-likeness (QED) is 0.0884. The molecule has 49 heavy (non-hydrogen) atoms. The Kier molecular flexibility index (Phi) is 15.0. The van der Waals surface area contributed by atoms with Crippen molar-refractivity contribution in [2.75, 3.05) is 19.6 Å². The number of hydrogen-bond acceptors (Lipinski definition) is 9. The first-order valence-electron chi connectivity index (χ1n) is 16.7.